The lowest BCUT2D eigenvalue weighted by molar-refractivity contribution is 0.0683. The largest absolute Gasteiger partial charge is 0.335 e. The lowest BCUT2D eigenvalue weighted by atomic mass is 10.1. The Balaban J connectivity index is 2.15. The summed E-state index contributed by atoms with van der Waals surface area (Å²) in [6, 6.07) is 4.32. The predicted octanol–water partition coefficient (Wildman–Crippen LogP) is 4.31. The van der Waals surface area contributed by atoms with Crippen LogP contribution in [0.3, 0.4) is 0 Å². The Labute approximate surface area is 115 Å². The number of carbonyl (C=O) groups is 1. The Morgan fingerprint density at radius 1 is 1.47 bits per heavy atom. The second-order valence-electron chi connectivity index (χ2n) is 4.51. The van der Waals surface area contributed by atoms with Gasteiger partial charge in [-0.1, -0.05) is 19.8 Å². The van der Waals surface area contributed by atoms with E-state index in [2.05, 4.69) is 27.8 Å². The molecule has 0 bridgehead atoms. The number of amides is 1. The third kappa shape index (κ3) is 3.10. The molecule has 2 rings (SSSR count). The van der Waals surface area contributed by atoms with Gasteiger partial charge in [0.2, 0.25) is 0 Å². The van der Waals surface area contributed by atoms with E-state index in [1.54, 1.807) is 0 Å². The SMILES string of the molecule is CCC1CCCCCN1C(=O)c1ccc(Br)s1. The molecule has 1 unspecified atom stereocenters. The van der Waals surface area contributed by atoms with Crippen molar-refractivity contribution >= 4 is 33.2 Å². The van der Waals surface area contributed by atoms with Gasteiger partial charge in [0.15, 0.2) is 0 Å². The molecule has 0 saturated carbocycles. The molecule has 1 aromatic heterocycles. The quantitative estimate of drug-likeness (QED) is 0.796. The molecule has 2 heterocycles. The van der Waals surface area contributed by atoms with Crippen LogP contribution in [-0.4, -0.2) is 23.4 Å². The molecular weight excluding hydrogens is 298 g/mol. The molecule has 0 radical (unpaired) electrons. The number of rotatable bonds is 2. The standard InChI is InChI=1S/C13H18BrNOS/c1-2-10-6-4-3-5-9-15(10)13(16)11-7-8-12(14)17-11/h7-8,10H,2-6,9H2,1H3. The van der Waals surface area contributed by atoms with E-state index in [9.17, 15) is 4.79 Å². The van der Waals surface area contributed by atoms with Crippen molar-refractivity contribution in [3.05, 3.63) is 20.8 Å². The first kappa shape index (κ1) is 13.1. The van der Waals surface area contributed by atoms with Crippen LogP contribution in [0.1, 0.15) is 48.7 Å². The molecule has 1 aliphatic heterocycles. The maximum absolute atomic E-state index is 12.5. The van der Waals surface area contributed by atoms with E-state index in [1.165, 1.54) is 24.2 Å². The van der Waals surface area contributed by atoms with Crippen molar-refractivity contribution in [1.29, 1.82) is 0 Å². The van der Waals surface area contributed by atoms with Gasteiger partial charge in [-0.05, 0) is 47.3 Å². The van der Waals surface area contributed by atoms with Gasteiger partial charge in [0, 0.05) is 12.6 Å². The highest BCUT2D eigenvalue weighted by Crippen LogP contribution is 2.26. The molecule has 0 spiro atoms. The molecule has 0 aromatic carbocycles. The summed E-state index contributed by atoms with van der Waals surface area (Å²) >= 11 is 4.95. The van der Waals surface area contributed by atoms with Gasteiger partial charge >= 0.3 is 0 Å². The molecule has 1 fully saturated rings. The maximum atomic E-state index is 12.5. The van der Waals surface area contributed by atoms with Gasteiger partial charge in [0.25, 0.3) is 5.91 Å². The second-order valence-corrected chi connectivity index (χ2v) is 6.98. The van der Waals surface area contributed by atoms with E-state index in [0.29, 0.717) is 6.04 Å². The molecular formula is C13H18BrNOS. The summed E-state index contributed by atoms with van der Waals surface area (Å²) < 4.78 is 1.03. The summed E-state index contributed by atoms with van der Waals surface area (Å²) in [5.74, 6) is 0.217. The average molecular weight is 316 g/mol. The number of nitrogens with zero attached hydrogens (tertiary/aromatic N) is 1. The lowest BCUT2D eigenvalue weighted by Gasteiger charge is -2.28. The molecule has 94 valence electrons. The lowest BCUT2D eigenvalue weighted by Crippen LogP contribution is -2.39. The van der Waals surface area contributed by atoms with E-state index < -0.39 is 0 Å². The van der Waals surface area contributed by atoms with Gasteiger partial charge in [0.05, 0.1) is 8.66 Å². The highest BCUT2D eigenvalue weighted by Gasteiger charge is 2.25. The number of hydrogen-bond acceptors (Lipinski definition) is 2. The summed E-state index contributed by atoms with van der Waals surface area (Å²) in [6.45, 7) is 3.10. The van der Waals surface area contributed by atoms with Gasteiger partial charge in [-0.3, -0.25) is 4.79 Å². The van der Waals surface area contributed by atoms with E-state index in [4.69, 9.17) is 0 Å². The highest BCUT2D eigenvalue weighted by molar-refractivity contribution is 9.11. The van der Waals surface area contributed by atoms with Crippen molar-refractivity contribution in [2.45, 2.75) is 45.1 Å². The first-order chi connectivity index (χ1) is 8.22. The van der Waals surface area contributed by atoms with E-state index in [0.717, 1.165) is 34.5 Å². The fourth-order valence-corrected chi connectivity index (χ4v) is 3.78. The normalized spacial score (nSPS) is 21.3. The third-order valence-electron chi connectivity index (χ3n) is 3.39. The number of hydrogen-bond donors (Lipinski definition) is 0. The number of carbonyl (C=O) groups excluding carboxylic acids is 1. The van der Waals surface area contributed by atoms with Gasteiger partial charge in [-0.2, -0.15) is 0 Å². The molecule has 1 aliphatic rings. The first-order valence-electron chi connectivity index (χ1n) is 6.28. The second kappa shape index (κ2) is 6.01. The zero-order chi connectivity index (χ0) is 12.3. The molecule has 17 heavy (non-hydrogen) atoms. The molecule has 4 heteroatoms. The molecule has 0 N–H and O–H groups in total. The monoisotopic (exact) mass is 315 g/mol. The molecule has 0 aliphatic carbocycles. The summed E-state index contributed by atoms with van der Waals surface area (Å²) in [4.78, 5) is 15.4. The van der Waals surface area contributed by atoms with Crippen LogP contribution in [0.15, 0.2) is 15.9 Å². The van der Waals surface area contributed by atoms with Crippen molar-refractivity contribution in [2.75, 3.05) is 6.54 Å². The Bertz CT molecular complexity index is 391. The smallest absolute Gasteiger partial charge is 0.264 e. The molecule has 1 saturated heterocycles. The zero-order valence-electron chi connectivity index (χ0n) is 10.1. The van der Waals surface area contributed by atoms with Crippen LogP contribution in [0.5, 0.6) is 0 Å². The fourth-order valence-electron chi connectivity index (χ4n) is 2.44. The van der Waals surface area contributed by atoms with Crippen LogP contribution in [0.25, 0.3) is 0 Å². The minimum absolute atomic E-state index is 0.217. The van der Waals surface area contributed by atoms with Crippen LogP contribution >= 0.6 is 27.3 Å². The van der Waals surface area contributed by atoms with Crippen LogP contribution < -0.4 is 0 Å². The average Bonchev–Trinajstić information content (AvgIpc) is 2.64. The summed E-state index contributed by atoms with van der Waals surface area (Å²) in [6.07, 6.45) is 5.90. The van der Waals surface area contributed by atoms with E-state index in [1.807, 2.05) is 12.1 Å². The fraction of sp³-hybridized carbons (Fsp3) is 0.615. The topological polar surface area (TPSA) is 20.3 Å². The van der Waals surface area contributed by atoms with Gasteiger partial charge in [-0.25, -0.2) is 0 Å². The molecule has 2 nitrogen and oxygen atoms in total. The predicted molar refractivity (Wildman–Crippen MR) is 75.6 cm³/mol. The van der Waals surface area contributed by atoms with Crippen molar-refractivity contribution in [3.8, 4) is 0 Å². The van der Waals surface area contributed by atoms with Crippen molar-refractivity contribution in [3.63, 3.8) is 0 Å². The van der Waals surface area contributed by atoms with Crippen LogP contribution in [0.4, 0.5) is 0 Å². The summed E-state index contributed by atoms with van der Waals surface area (Å²) in [5, 5.41) is 0. The van der Waals surface area contributed by atoms with Gasteiger partial charge < -0.3 is 4.90 Å². The van der Waals surface area contributed by atoms with Crippen LogP contribution in [0.2, 0.25) is 0 Å². The van der Waals surface area contributed by atoms with Crippen LogP contribution in [0, 0.1) is 0 Å². The van der Waals surface area contributed by atoms with E-state index >= 15 is 0 Å². The highest BCUT2D eigenvalue weighted by atomic mass is 79.9. The number of likely N-dealkylation sites (tertiary alicyclic amines) is 1. The Morgan fingerprint density at radius 2 is 2.29 bits per heavy atom. The van der Waals surface area contributed by atoms with Crippen molar-refractivity contribution < 1.29 is 4.79 Å². The van der Waals surface area contributed by atoms with Crippen molar-refractivity contribution in [2.24, 2.45) is 0 Å². The minimum atomic E-state index is 0.217. The van der Waals surface area contributed by atoms with Gasteiger partial charge in [-0.15, -0.1) is 11.3 Å². The van der Waals surface area contributed by atoms with E-state index in [-0.39, 0.29) is 5.91 Å². The maximum Gasteiger partial charge on any atom is 0.264 e. The summed E-state index contributed by atoms with van der Waals surface area (Å²) in [5.41, 5.74) is 0. The molecule has 1 amide bonds. The van der Waals surface area contributed by atoms with Crippen LogP contribution in [-0.2, 0) is 0 Å². The first-order valence-corrected chi connectivity index (χ1v) is 7.89. The zero-order valence-corrected chi connectivity index (χ0v) is 12.5. The Morgan fingerprint density at radius 3 is 2.94 bits per heavy atom. The third-order valence-corrected chi connectivity index (χ3v) is 5.00. The number of halogens is 1. The molecule has 1 aromatic rings. The number of thiophene rings is 1. The minimum Gasteiger partial charge on any atom is -0.335 e. The Kier molecular flexibility index (Phi) is 4.62. The molecule has 1 atom stereocenters. The van der Waals surface area contributed by atoms with Gasteiger partial charge in [0.1, 0.15) is 0 Å². The summed E-state index contributed by atoms with van der Waals surface area (Å²) in [7, 11) is 0. The Hall–Kier alpha value is -0.350. The van der Waals surface area contributed by atoms with Crippen molar-refractivity contribution in [1.82, 2.24) is 4.90 Å².